The summed E-state index contributed by atoms with van der Waals surface area (Å²) in [6.07, 6.45) is 2.22. The minimum Gasteiger partial charge on any atom is -0.393 e. The third-order valence-electron chi connectivity index (χ3n) is 3.72. The third kappa shape index (κ3) is 2.52. The standard InChI is InChI=1S/C13H17N3O3/c1-8(9-6-7-9)15(2)13(17)10-4-3-5-11(14)12(10)16(18)19/h3-5,8-9H,6-7,14H2,1-2H3. The summed E-state index contributed by atoms with van der Waals surface area (Å²) >= 11 is 0. The molecular weight excluding hydrogens is 246 g/mol. The monoisotopic (exact) mass is 263 g/mol. The van der Waals surface area contributed by atoms with E-state index in [-0.39, 0.29) is 28.9 Å². The van der Waals surface area contributed by atoms with E-state index in [1.54, 1.807) is 18.0 Å². The van der Waals surface area contributed by atoms with Crippen LogP contribution >= 0.6 is 0 Å². The van der Waals surface area contributed by atoms with Crippen molar-refractivity contribution in [1.82, 2.24) is 4.90 Å². The van der Waals surface area contributed by atoms with Crippen LogP contribution in [0.5, 0.6) is 0 Å². The molecule has 0 aliphatic heterocycles. The second-order valence-electron chi connectivity index (χ2n) is 4.99. The van der Waals surface area contributed by atoms with Crippen molar-refractivity contribution in [2.24, 2.45) is 5.92 Å². The Morgan fingerprint density at radius 3 is 2.68 bits per heavy atom. The van der Waals surface area contributed by atoms with E-state index in [1.807, 2.05) is 6.92 Å². The van der Waals surface area contributed by atoms with Gasteiger partial charge >= 0.3 is 5.69 Å². The van der Waals surface area contributed by atoms with Gasteiger partial charge in [-0.3, -0.25) is 14.9 Å². The molecule has 0 radical (unpaired) electrons. The van der Waals surface area contributed by atoms with Crippen LogP contribution < -0.4 is 5.73 Å². The average molecular weight is 263 g/mol. The Morgan fingerprint density at radius 1 is 1.53 bits per heavy atom. The number of carbonyl (C=O) groups excluding carboxylic acids is 1. The molecule has 6 nitrogen and oxygen atoms in total. The summed E-state index contributed by atoms with van der Waals surface area (Å²) in [5, 5.41) is 11.0. The lowest BCUT2D eigenvalue weighted by atomic mass is 10.1. The van der Waals surface area contributed by atoms with Crippen molar-refractivity contribution >= 4 is 17.3 Å². The molecular formula is C13H17N3O3. The van der Waals surface area contributed by atoms with Crippen LogP contribution in [0.2, 0.25) is 0 Å². The van der Waals surface area contributed by atoms with Crippen LogP contribution in [0.15, 0.2) is 18.2 Å². The number of amides is 1. The normalized spacial score (nSPS) is 15.9. The Balaban J connectivity index is 2.32. The largest absolute Gasteiger partial charge is 0.393 e. The number of rotatable bonds is 4. The first-order chi connectivity index (χ1) is 8.93. The van der Waals surface area contributed by atoms with E-state index in [0.717, 1.165) is 12.8 Å². The second kappa shape index (κ2) is 4.87. The fraction of sp³-hybridized carbons (Fsp3) is 0.462. The molecule has 0 saturated heterocycles. The van der Waals surface area contributed by atoms with Crippen LogP contribution in [0.4, 0.5) is 11.4 Å². The Morgan fingerprint density at radius 2 is 2.16 bits per heavy atom. The summed E-state index contributed by atoms with van der Waals surface area (Å²) in [4.78, 5) is 24.4. The van der Waals surface area contributed by atoms with Crippen molar-refractivity contribution in [2.75, 3.05) is 12.8 Å². The van der Waals surface area contributed by atoms with E-state index in [9.17, 15) is 14.9 Å². The molecule has 1 fully saturated rings. The molecule has 6 heteroatoms. The smallest absolute Gasteiger partial charge is 0.304 e. The number of nitro benzene ring substituents is 1. The molecule has 1 aromatic carbocycles. The molecule has 0 heterocycles. The van der Waals surface area contributed by atoms with Crippen molar-refractivity contribution in [3.05, 3.63) is 33.9 Å². The Hall–Kier alpha value is -2.11. The van der Waals surface area contributed by atoms with Crippen LogP contribution in [0.3, 0.4) is 0 Å². The SMILES string of the molecule is CC(C1CC1)N(C)C(=O)c1cccc(N)c1[N+](=O)[O-]. The average Bonchev–Trinajstić information content (AvgIpc) is 3.19. The molecule has 0 bridgehead atoms. The van der Waals surface area contributed by atoms with Gasteiger partial charge in [-0.2, -0.15) is 0 Å². The quantitative estimate of drug-likeness (QED) is 0.511. The van der Waals surface area contributed by atoms with Crippen LogP contribution in [-0.4, -0.2) is 28.8 Å². The van der Waals surface area contributed by atoms with E-state index < -0.39 is 4.92 Å². The number of nitro groups is 1. The number of carbonyl (C=O) groups is 1. The number of nitrogens with zero attached hydrogens (tertiary/aromatic N) is 2. The molecule has 19 heavy (non-hydrogen) atoms. The van der Waals surface area contributed by atoms with Gasteiger partial charge in [-0.1, -0.05) is 6.07 Å². The minimum absolute atomic E-state index is 0.0170. The number of benzene rings is 1. The number of anilines is 1. The molecule has 2 rings (SSSR count). The van der Waals surface area contributed by atoms with Gasteiger partial charge in [0.05, 0.1) is 4.92 Å². The van der Waals surface area contributed by atoms with Crippen molar-refractivity contribution in [1.29, 1.82) is 0 Å². The Labute approximate surface area is 111 Å². The maximum absolute atomic E-state index is 12.4. The van der Waals surface area contributed by atoms with Crippen LogP contribution in [0, 0.1) is 16.0 Å². The van der Waals surface area contributed by atoms with E-state index in [2.05, 4.69) is 0 Å². The minimum atomic E-state index is -0.599. The summed E-state index contributed by atoms with van der Waals surface area (Å²) in [5.74, 6) is 0.160. The molecule has 1 unspecified atom stereocenters. The van der Waals surface area contributed by atoms with E-state index in [4.69, 9.17) is 5.73 Å². The summed E-state index contributed by atoms with van der Waals surface area (Å²) in [7, 11) is 1.68. The molecule has 1 aliphatic rings. The molecule has 1 amide bonds. The van der Waals surface area contributed by atoms with Gasteiger partial charge in [0.1, 0.15) is 11.3 Å². The lowest BCUT2D eigenvalue weighted by Crippen LogP contribution is -2.36. The second-order valence-corrected chi connectivity index (χ2v) is 4.99. The van der Waals surface area contributed by atoms with Crippen molar-refractivity contribution < 1.29 is 9.72 Å². The first-order valence-electron chi connectivity index (χ1n) is 6.23. The maximum atomic E-state index is 12.4. The van der Waals surface area contributed by atoms with Gasteiger partial charge in [0.2, 0.25) is 0 Å². The summed E-state index contributed by atoms with van der Waals surface area (Å²) in [6.45, 7) is 1.97. The van der Waals surface area contributed by atoms with E-state index in [1.165, 1.54) is 12.1 Å². The van der Waals surface area contributed by atoms with Gasteiger partial charge in [-0.05, 0) is 37.8 Å². The molecule has 102 valence electrons. The van der Waals surface area contributed by atoms with Crippen molar-refractivity contribution in [3.63, 3.8) is 0 Å². The third-order valence-corrected chi connectivity index (χ3v) is 3.72. The van der Waals surface area contributed by atoms with Gasteiger partial charge in [-0.25, -0.2) is 0 Å². The van der Waals surface area contributed by atoms with Gasteiger partial charge < -0.3 is 10.6 Å². The zero-order chi connectivity index (χ0) is 14.2. The van der Waals surface area contributed by atoms with Crippen molar-refractivity contribution in [3.8, 4) is 0 Å². The van der Waals surface area contributed by atoms with Crippen LogP contribution in [-0.2, 0) is 0 Å². The lowest BCUT2D eigenvalue weighted by Gasteiger charge is -2.24. The lowest BCUT2D eigenvalue weighted by molar-refractivity contribution is -0.384. The predicted molar refractivity (Wildman–Crippen MR) is 71.8 cm³/mol. The fourth-order valence-electron chi connectivity index (χ4n) is 2.21. The maximum Gasteiger partial charge on any atom is 0.304 e. The Kier molecular flexibility index (Phi) is 3.42. The van der Waals surface area contributed by atoms with Crippen LogP contribution in [0.25, 0.3) is 0 Å². The predicted octanol–water partition coefficient (Wildman–Crippen LogP) is 2.05. The number of hydrogen-bond donors (Lipinski definition) is 1. The highest BCUT2D eigenvalue weighted by molar-refractivity contribution is 6.00. The molecule has 1 atom stereocenters. The summed E-state index contributed by atoms with van der Waals surface area (Å²) in [5.41, 5.74) is 5.37. The van der Waals surface area contributed by atoms with Gasteiger partial charge in [0, 0.05) is 13.1 Å². The zero-order valence-corrected chi connectivity index (χ0v) is 11.0. The van der Waals surface area contributed by atoms with Crippen molar-refractivity contribution in [2.45, 2.75) is 25.8 Å². The number of nitrogen functional groups attached to an aromatic ring is 1. The molecule has 1 aromatic rings. The van der Waals surface area contributed by atoms with Gasteiger partial charge in [0.15, 0.2) is 0 Å². The first-order valence-corrected chi connectivity index (χ1v) is 6.23. The highest BCUT2D eigenvalue weighted by Crippen LogP contribution is 2.36. The fourth-order valence-corrected chi connectivity index (χ4v) is 2.21. The first kappa shape index (κ1) is 13.3. The molecule has 0 aromatic heterocycles. The topological polar surface area (TPSA) is 89.5 Å². The highest BCUT2D eigenvalue weighted by Gasteiger charge is 2.34. The van der Waals surface area contributed by atoms with Gasteiger partial charge in [-0.15, -0.1) is 0 Å². The molecule has 2 N–H and O–H groups in total. The van der Waals surface area contributed by atoms with E-state index >= 15 is 0 Å². The summed E-state index contributed by atoms with van der Waals surface area (Å²) < 4.78 is 0. The number of hydrogen-bond acceptors (Lipinski definition) is 4. The molecule has 0 spiro atoms. The zero-order valence-electron chi connectivity index (χ0n) is 11.0. The Bertz CT molecular complexity index is 526. The van der Waals surface area contributed by atoms with E-state index in [0.29, 0.717) is 5.92 Å². The number of para-hydroxylation sites is 1. The number of nitrogens with two attached hydrogens (primary N) is 1. The van der Waals surface area contributed by atoms with Crippen LogP contribution in [0.1, 0.15) is 30.1 Å². The highest BCUT2D eigenvalue weighted by atomic mass is 16.6. The molecule has 1 aliphatic carbocycles. The molecule has 1 saturated carbocycles. The summed E-state index contributed by atoms with van der Waals surface area (Å²) in [6, 6.07) is 4.53. The van der Waals surface area contributed by atoms with Gasteiger partial charge in [0.25, 0.3) is 5.91 Å².